The van der Waals surface area contributed by atoms with Crippen LogP contribution in [0.5, 0.6) is 0 Å². The van der Waals surface area contributed by atoms with E-state index in [2.05, 4.69) is 46.1 Å². The molecule has 0 saturated heterocycles. The van der Waals surface area contributed by atoms with Crippen molar-refractivity contribution in [1.29, 1.82) is 0 Å². The minimum Gasteiger partial charge on any atom is -0.312 e. The third-order valence-corrected chi connectivity index (χ3v) is 2.15. The smallest absolute Gasteiger partial charge is 0.0534 e. The van der Waals surface area contributed by atoms with Gasteiger partial charge in [-0.15, -0.1) is 0 Å². The Balaban J connectivity index is 2.31. The molecule has 1 N–H and O–H groups in total. The molecule has 0 unspecified atom stereocenters. The summed E-state index contributed by atoms with van der Waals surface area (Å²) in [7, 11) is 0. The van der Waals surface area contributed by atoms with Crippen LogP contribution in [0.3, 0.4) is 0 Å². The third kappa shape index (κ3) is 3.10. The van der Waals surface area contributed by atoms with Crippen LogP contribution >= 0.6 is 22.6 Å². The predicted molar refractivity (Wildman–Crippen MR) is 58.5 cm³/mol. The molecule has 4 heteroatoms. The maximum Gasteiger partial charge on any atom is 0.0534 e. The van der Waals surface area contributed by atoms with Gasteiger partial charge >= 0.3 is 0 Å². The molecular weight excluding hydrogens is 265 g/mol. The Morgan fingerprint density at radius 3 is 3.08 bits per heavy atom. The summed E-state index contributed by atoms with van der Waals surface area (Å²) < 4.78 is 3.10. The number of hydrogen-bond acceptors (Lipinski definition) is 2. The molecular formula is C8H14IN3. The molecule has 0 aliphatic heterocycles. The zero-order valence-electron chi connectivity index (χ0n) is 7.26. The molecule has 0 atom stereocenters. The van der Waals surface area contributed by atoms with Crippen molar-refractivity contribution in [1.82, 2.24) is 15.1 Å². The second-order valence-electron chi connectivity index (χ2n) is 2.57. The van der Waals surface area contributed by atoms with E-state index in [9.17, 15) is 0 Å². The highest BCUT2D eigenvalue weighted by Crippen LogP contribution is 1.96. The van der Waals surface area contributed by atoms with E-state index in [1.54, 1.807) is 0 Å². The van der Waals surface area contributed by atoms with E-state index in [0.717, 1.165) is 24.1 Å². The molecule has 0 spiro atoms. The number of aromatic nitrogens is 2. The molecule has 0 radical (unpaired) electrons. The number of aryl methyl sites for hydroxylation is 1. The molecule has 12 heavy (non-hydrogen) atoms. The summed E-state index contributed by atoms with van der Waals surface area (Å²) in [5.41, 5.74) is 1.27. The van der Waals surface area contributed by atoms with E-state index >= 15 is 0 Å². The quantitative estimate of drug-likeness (QED) is 0.502. The molecule has 1 rings (SSSR count). The molecule has 0 amide bonds. The first-order chi connectivity index (χ1) is 5.86. The Morgan fingerprint density at radius 2 is 2.50 bits per heavy atom. The van der Waals surface area contributed by atoms with Crippen LogP contribution in [-0.2, 0) is 13.1 Å². The van der Waals surface area contributed by atoms with Gasteiger partial charge in [0.25, 0.3) is 0 Å². The van der Waals surface area contributed by atoms with Gasteiger partial charge in [0.1, 0.15) is 0 Å². The zero-order chi connectivity index (χ0) is 8.81. The first-order valence-corrected chi connectivity index (χ1v) is 5.67. The van der Waals surface area contributed by atoms with Crippen molar-refractivity contribution in [2.45, 2.75) is 20.0 Å². The van der Waals surface area contributed by atoms with Gasteiger partial charge in [0.15, 0.2) is 0 Å². The Hall–Kier alpha value is -0.100. The van der Waals surface area contributed by atoms with E-state index in [1.165, 1.54) is 5.56 Å². The lowest BCUT2D eigenvalue weighted by molar-refractivity contribution is 0.657. The van der Waals surface area contributed by atoms with Gasteiger partial charge in [-0.05, 0) is 6.92 Å². The lowest BCUT2D eigenvalue weighted by Crippen LogP contribution is -2.14. The highest BCUT2D eigenvalue weighted by molar-refractivity contribution is 14.1. The van der Waals surface area contributed by atoms with Crippen LogP contribution < -0.4 is 5.32 Å². The summed E-state index contributed by atoms with van der Waals surface area (Å²) in [6, 6.07) is 0. The van der Waals surface area contributed by atoms with Crippen LogP contribution in [-0.4, -0.2) is 20.8 Å². The van der Waals surface area contributed by atoms with Crippen LogP contribution in [0.1, 0.15) is 12.5 Å². The van der Waals surface area contributed by atoms with E-state index in [0.29, 0.717) is 0 Å². The Bertz CT molecular complexity index is 222. The molecule has 0 aliphatic carbocycles. The monoisotopic (exact) mass is 279 g/mol. The third-order valence-electron chi connectivity index (χ3n) is 1.61. The predicted octanol–water partition coefficient (Wildman–Crippen LogP) is 1.43. The standard InChI is InChI=1S/C8H14IN3/c1-2-12-7-8(6-11-12)5-10-4-3-9/h6-7,10H,2-5H2,1H3. The lowest BCUT2D eigenvalue weighted by atomic mass is 10.3. The first kappa shape index (κ1) is 9.98. The van der Waals surface area contributed by atoms with Gasteiger partial charge in [-0.2, -0.15) is 5.10 Å². The second kappa shape index (κ2) is 5.53. The molecule has 3 nitrogen and oxygen atoms in total. The lowest BCUT2D eigenvalue weighted by Gasteiger charge is -1.97. The highest BCUT2D eigenvalue weighted by atomic mass is 127. The molecule has 1 heterocycles. The fraction of sp³-hybridized carbons (Fsp3) is 0.625. The van der Waals surface area contributed by atoms with Gasteiger partial charge in [0.2, 0.25) is 0 Å². The zero-order valence-corrected chi connectivity index (χ0v) is 9.41. The van der Waals surface area contributed by atoms with Crippen LogP contribution in [0.2, 0.25) is 0 Å². The van der Waals surface area contributed by atoms with E-state index in [1.807, 2.05) is 10.9 Å². The van der Waals surface area contributed by atoms with E-state index in [4.69, 9.17) is 0 Å². The molecule has 0 fully saturated rings. The highest BCUT2D eigenvalue weighted by Gasteiger charge is 1.95. The largest absolute Gasteiger partial charge is 0.312 e. The maximum atomic E-state index is 4.19. The summed E-state index contributed by atoms with van der Waals surface area (Å²) in [5.74, 6) is 0. The van der Waals surface area contributed by atoms with Gasteiger partial charge < -0.3 is 5.32 Å². The van der Waals surface area contributed by atoms with Crippen molar-refractivity contribution < 1.29 is 0 Å². The summed E-state index contributed by atoms with van der Waals surface area (Å²) in [5, 5.41) is 7.52. The molecule has 1 aromatic heterocycles. The number of alkyl halides is 1. The summed E-state index contributed by atoms with van der Waals surface area (Å²) in [6.45, 7) is 5.04. The van der Waals surface area contributed by atoms with Crippen molar-refractivity contribution in [3.63, 3.8) is 0 Å². The van der Waals surface area contributed by atoms with E-state index < -0.39 is 0 Å². The molecule has 68 valence electrons. The topological polar surface area (TPSA) is 29.9 Å². The van der Waals surface area contributed by atoms with Crippen LogP contribution in [0.15, 0.2) is 12.4 Å². The Labute approximate surface area is 86.7 Å². The molecule has 0 saturated carbocycles. The summed E-state index contributed by atoms with van der Waals surface area (Å²) in [6.07, 6.45) is 4.00. The van der Waals surface area contributed by atoms with Crippen molar-refractivity contribution in [2.75, 3.05) is 11.0 Å². The van der Waals surface area contributed by atoms with Crippen molar-refractivity contribution >= 4 is 22.6 Å². The minimum absolute atomic E-state index is 0.934. The second-order valence-corrected chi connectivity index (χ2v) is 3.65. The van der Waals surface area contributed by atoms with Gasteiger partial charge in [-0.25, -0.2) is 0 Å². The molecule has 0 aliphatic rings. The fourth-order valence-corrected chi connectivity index (χ4v) is 1.35. The van der Waals surface area contributed by atoms with Crippen LogP contribution in [0.25, 0.3) is 0 Å². The Morgan fingerprint density at radius 1 is 1.67 bits per heavy atom. The van der Waals surface area contributed by atoms with Crippen LogP contribution in [0, 0.1) is 0 Å². The fourth-order valence-electron chi connectivity index (χ4n) is 0.970. The van der Waals surface area contributed by atoms with Crippen molar-refractivity contribution in [2.24, 2.45) is 0 Å². The average molecular weight is 279 g/mol. The summed E-state index contributed by atoms with van der Waals surface area (Å²) in [4.78, 5) is 0. The molecule has 1 aromatic rings. The van der Waals surface area contributed by atoms with E-state index in [-0.39, 0.29) is 0 Å². The van der Waals surface area contributed by atoms with Crippen molar-refractivity contribution in [3.05, 3.63) is 18.0 Å². The van der Waals surface area contributed by atoms with Gasteiger partial charge in [0.05, 0.1) is 6.20 Å². The number of nitrogens with zero attached hydrogens (tertiary/aromatic N) is 2. The van der Waals surface area contributed by atoms with Gasteiger partial charge in [-0.3, -0.25) is 4.68 Å². The van der Waals surface area contributed by atoms with Gasteiger partial charge in [-0.1, -0.05) is 22.6 Å². The van der Waals surface area contributed by atoms with Gasteiger partial charge in [0, 0.05) is 35.8 Å². The number of halogens is 1. The number of hydrogen-bond donors (Lipinski definition) is 1. The summed E-state index contributed by atoms with van der Waals surface area (Å²) >= 11 is 2.36. The SMILES string of the molecule is CCn1cc(CNCCI)cn1. The van der Waals surface area contributed by atoms with Crippen LogP contribution in [0.4, 0.5) is 0 Å². The Kier molecular flexibility index (Phi) is 4.60. The number of rotatable bonds is 5. The normalized spacial score (nSPS) is 10.5. The molecule has 0 bridgehead atoms. The maximum absolute atomic E-state index is 4.19. The first-order valence-electron chi connectivity index (χ1n) is 4.15. The number of nitrogens with one attached hydrogen (secondary N) is 1. The average Bonchev–Trinajstić information content (AvgIpc) is 2.53. The molecule has 0 aromatic carbocycles. The van der Waals surface area contributed by atoms with Crippen molar-refractivity contribution in [3.8, 4) is 0 Å². The minimum atomic E-state index is 0.934.